The van der Waals surface area contributed by atoms with Crippen LogP contribution in [0.4, 0.5) is 9.18 Å². The highest BCUT2D eigenvalue weighted by atomic mass is 18.2. The number of carboxylic acid groups (broad SMARTS) is 2. The summed E-state index contributed by atoms with van der Waals surface area (Å²) in [7, 11) is 0. The number of aliphatic carboxylic acids is 2. The average molecular weight is 443 g/mol. The minimum absolute atomic E-state index is 0.126. The monoisotopic (exact) mass is 443 g/mol. The van der Waals surface area contributed by atoms with E-state index in [1.165, 1.54) is 4.68 Å². The molecule has 5 N–H and O–H groups in total. The highest BCUT2D eigenvalue weighted by molar-refractivity contribution is 5.83. The van der Waals surface area contributed by atoms with Gasteiger partial charge in [-0.2, -0.15) is 0 Å². The number of aryl methyl sites for hydroxylation is 2. The number of carboxylic acids is 2. The molecule has 13 heteroatoms. The van der Waals surface area contributed by atoms with E-state index >= 15 is 0 Å². The smallest absolute Gasteiger partial charge is 0.326 e. The number of nitrogens with one attached hydrogen (secondary N) is 3. The highest BCUT2D eigenvalue weighted by Crippen LogP contribution is 2.00. The molecular formula is C18H29FN6O6. The minimum atomic E-state index is -1.29. The molecule has 0 radical (unpaired) electrons. The van der Waals surface area contributed by atoms with Gasteiger partial charge in [-0.25, -0.2) is 18.7 Å². The molecule has 0 unspecified atom stereocenters. The van der Waals surface area contributed by atoms with Crippen molar-refractivity contribution in [2.45, 2.75) is 57.5 Å². The zero-order valence-electron chi connectivity index (χ0n) is 17.2. The van der Waals surface area contributed by atoms with Crippen LogP contribution in [-0.2, 0) is 27.3 Å². The molecular weight excluding hydrogens is 414 g/mol. The van der Waals surface area contributed by atoms with Crippen LogP contribution in [0.5, 0.6) is 0 Å². The number of unbranched alkanes of at least 4 members (excludes halogenated alkanes) is 2. The fourth-order valence-corrected chi connectivity index (χ4v) is 2.57. The van der Waals surface area contributed by atoms with Gasteiger partial charge in [0.15, 0.2) is 0 Å². The average Bonchev–Trinajstić information content (AvgIpc) is 3.16. The third kappa shape index (κ3) is 12.1. The van der Waals surface area contributed by atoms with E-state index < -0.39 is 30.7 Å². The zero-order valence-corrected chi connectivity index (χ0v) is 17.2. The van der Waals surface area contributed by atoms with E-state index in [2.05, 4.69) is 26.3 Å². The lowest BCUT2D eigenvalue weighted by Gasteiger charge is -2.14. The van der Waals surface area contributed by atoms with Gasteiger partial charge < -0.3 is 26.2 Å². The Morgan fingerprint density at radius 1 is 1.06 bits per heavy atom. The summed E-state index contributed by atoms with van der Waals surface area (Å²) in [6.45, 7) is 0.412. The normalized spacial score (nSPS) is 11.5. The first kappa shape index (κ1) is 25.8. The fourth-order valence-electron chi connectivity index (χ4n) is 2.57. The van der Waals surface area contributed by atoms with Crippen LogP contribution in [0.25, 0.3) is 0 Å². The van der Waals surface area contributed by atoms with E-state index in [9.17, 15) is 23.6 Å². The Bertz CT molecular complexity index is 728. The molecule has 0 bridgehead atoms. The van der Waals surface area contributed by atoms with E-state index in [-0.39, 0.29) is 31.7 Å². The Labute approximate surface area is 178 Å². The number of carbonyl (C=O) groups is 4. The molecule has 174 valence electrons. The second-order valence-electron chi connectivity index (χ2n) is 6.80. The molecule has 0 aliphatic carbocycles. The van der Waals surface area contributed by atoms with Crippen LogP contribution in [-0.4, -0.2) is 74.9 Å². The quantitative estimate of drug-likeness (QED) is 0.223. The molecule has 0 fully saturated rings. The molecule has 1 aromatic heterocycles. The summed E-state index contributed by atoms with van der Waals surface area (Å²) in [5.74, 6) is -2.56. The molecule has 3 amide bonds. The predicted molar refractivity (Wildman–Crippen MR) is 106 cm³/mol. The fraction of sp³-hybridized carbons (Fsp3) is 0.667. The van der Waals surface area contributed by atoms with Crippen molar-refractivity contribution in [1.82, 2.24) is 30.9 Å². The van der Waals surface area contributed by atoms with Gasteiger partial charge >= 0.3 is 18.0 Å². The van der Waals surface area contributed by atoms with Gasteiger partial charge in [0.25, 0.3) is 0 Å². The summed E-state index contributed by atoms with van der Waals surface area (Å²) in [5.41, 5.74) is 0.626. The lowest BCUT2D eigenvalue weighted by Crippen LogP contribution is -2.46. The number of carbonyl (C=O) groups excluding carboxylic acids is 2. The van der Waals surface area contributed by atoms with Crippen LogP contribution in [0, 0.1) is 0 Å². The van der Waals surface area contributed by atoms with Crippen LogP contribution in [0.15, 0.2) is 6.20 Å². The molecule has 0 saturated carbocycles. The Balaban J connectivity index is 2.06. The van der Waals surface area contributed by atoms with E-state index in [1.54, 1.807) is 6.20 Å². The molecule has 31 heavy (non-hydrogen) atoms. The summed E-state index contributed by atoms with van der Waals surface area (Å²) in [5, 5.41) is 32.7. The van der Waals surface area contributed by atoms with E-state index in [4.69, 9.17) is 10.2 Å². The maximum Gasteiger partial charge on any atom is 0.326 e. The van der Waals surface area contributed by atoms with Gasteiger partial charge in [-0.3, -0.25) is 9.59 Å². The van der Waals surface area contributed by atoms with Crippen LogP contribution in [0.2, 0.25) is 0 Å². The van der Waals surface area contributed by atoms with Crippen molar-refractivity contribution in [2.24, 2.45) is 0 Å². The number of alkyl halides is 1. The topological polar surface area (TPSA) is 176 Å². The number of halogens is 1. The molecule has 1 rings (SSSR count). The number of urea groups is 1. The Hall–Kier alpha value is -3.25. The lowest BCUT2D eigenvalue weighted by atomic mass is 10.1. The lowest BCUT2D eigenvalue weighted by molar-refractivity contribution is -0.140. The Morgan fingerprint density at radius 2 is 1.77 bits per heavy atom. The van der Waals surface area contributed by atoms with E-state index in [0.29, 0.717) is 38.0 Å². The molecule has 12 nitrogen and oxygen atoms in total. The third-order valence-electron chi connectivity index (χ3n) is 4.22. The second-order valence-corrected chi connectivity index (χ2v) is 6.80. The van der Waals surface area contributed by atoms with E-state index in [0.717, 1.165) is 6.42 Å². The first-order chi connectivity index (χ1) is 14.8. The number of nitrogens with zero attached hydrogens (tertiary/aromatic N) is 3. The summed E-state index contributed by atoms with van der Waals surface area (Å²) < 4.78 is 13.6. The largest absolute Gasteiger partial charge is 0.481 e. The van der Waals surface area contributed by atoms with Crippen LogP contribution in [0.3, 0.4) is 0 Å². The Morgan fingerprint density at radius 3 is 2.42 bits per heavy atom. The van der Waals surface area contributed by atoms with Crippen LogP contribution in [0.1, 0.15) is 44.2 Å². The van der Waals surface area contributed by atoms with Crippen molar-refractivity contribution in [3.8, 4) is 0 Å². The van der Waals surface area contributed by atoms with Crippen molar-refractivity contribution in [3.05, 3.63) is 11.9 Å². The van der Waals surface area contributed by atoms with Crippen LogP contribution < -0.4 is 16.0 Å². The van der Waals surface area contributed by atoms with Crippen molar-refractivity contribution in [2.75, 3.05) is 19.8 Å². The van der Waals surface area contributed by atoms with Gasteiger partial charge in [-0.05, 0) is 25.7 Å². The maximum absolute atomic E-state index is 12.2. The SMILES string of the molecule is O=C(O)CC[C@H](NC(=O)NCCCCCNC(=O)CCc1cn(CC[18F])nn1)C(=O)O. The van der Waals surface area contributed by atoms with Crippen molar-refractivity contribution >= 4 is 23.9 Å². The number of hydrogen-bond acceptors (Lipinski definition) is 6. The van der Waals surface area contributed by atoms with E-state index in [1.807, 2.05) is 0 Å². The first-order valence-corrected chi connectivity index (χ1v) is 10.0. The van der Waals surface area contributed by atoms with Gasteiger partial charge in [0.05, 0.1) is 12.2 Å². The number of hydrogen-bond donors (Lipinski definition) is 5. The van der Waals surface area contributed by atoms with Crippen molar-refractivity contribution < 1.29 is 33.8 Å². The summed E-state index contributed by atoms with van der Waals surface area (Å²) in [6.07, 6.45) is 3.80. The minimum Gasteiger partial charge on any atom is -0.481 e. The standard InChI is InChI=1S/C18H29FN6O6/c19-8-11-25-12-13(23-24-25)4-6-15(26)20-9-2-1-3-10-21-18(31)22-14(17(29)30)5-7-16(27)28/h12,14H,1-11H2,(H,20,26)(H,27,28)(H,29,30)(H2,21,22,31)/t14-/m0/s1/i19-1. The Kier molecular flexibility index (Phi) is 12.2. The number of aromatic nitrogens is 3. The summed E-state index contributed by atoms with van der Waals surface area (Å²) >= 11 is 0. The van der Waals surface area contributed by atoms with Gasteiger partial charge in [0.1, 0.15) is 12.7 Å². The van der Waals surface area contributed by atoms with Gasteiger partial charge in [-0.1, -0.05) is 5.21 Å². The van der Waals surface area contributed by atoms with Crippen molar-refractivity contribution in [3.63, 3.8) is 0 Å². The predicted octanol–water partition coefficient (Wildman–Crippen LogP) is 0.0839. The van der Waals surface area contributed by atoms with Gasteiger partial charge in [0.2, 0.25) is 5.91 Å². The molecule has 0 spiro atoms. The number of amides is 3. The zero-order chi connectivity index (χ0) is 23.1. The van der Waals surface area contributed by atoms with Gasteiger partial charge in [-0.15, -0.1) is 5.10 Å². The highest BCUT2D eigenvalue weighted by Gasteiger charge is 2.20. The first-order valence-electron chi connectivity index (χ1n) is 10.0. The molecule has 1 heterocycles. The molecule has 1 atom stereocenters. The summed E-state index contributed by atoms with van der Waals surface area (Å²) in [6, 6.07) is -1.94. The van der Waals surface area contributed by atoms with Crippen molar-refractivity contribution in [1.29, 1.82) is 0 Å². The maximum atomic E-state index is 12.2. The number of rotatable bonds is 16. The third-order valence-corrected chi connectivity index (χ3v) is 4.22. The molecule has 0 saturated heterocycles. The second kappa shape index (κ2) is 14.7. The molecule has 1 aromatic rings. The molecule has 0 aromatic carbocycles. The molecule has 0 aliphatic heterocycles. The van der Waals surface area contributed by atoms with Crippen LogP contribution >= 0.6 is 0 Å². The summed E-state index contributed by atoms with van der Waals surface area (Å²) in [4.78, 5) is 45.0. The molecule has 0 aliphatic rings. The van der Waals surface area contributed by atoms with Gasteiger partial charge in [0, 0.05) is 38.5 Å².